The molecule has 4 rings (SSSR count). The predicted molar refractivity (Wildman–Crippen MR) is 90.4 cm³/mol. The third-order valence-electron chi connectivity index (χ3n) is 5.02. The second kappa shape index (κ2) is 6.71. The molecular weight excluding hydrogens is 288 g/mol. The molecule has 2 aliphatic rings. The number of hydrogen-bond donors (Lipinski definition) is 0. The number of hydrogen-bond acceptors (Lipinski definition) is 5. The molecule has 0 saturated carbocycles. The summed E-state index contributed by atoms with van der Waals surface area (Å²) in [5.41, 5.74) is 0.983. The summed E-state index contributed by atoms with van der Waals surface area (Å²) in [5.74, 6) is 1.36. The summed E-state index contributed by atoms with van der Waals surface area (Å²) >= 11 is 0. The van der Waals surface area contributed by atoms with Gasteiger partial charge in [-0.1, -0.05) is 24.6 Å². The first kappa shape index (κ1) is 14.7. The molecule has 5 heteroatoms. The van der Waals surface area contributed by atoms with Crippen molar-refractivity contribution in [2.24, 2.45) is 0 Å². The van der Waals surface area contributed by atoms with Gasteiger partial charge in [-0.05, 0) is 56.1 Å². The van der Waals surface area contributed by atoms with Gasteiger partial charge in [0.25, 0.3) is 11.8 Å². The molecule has 5 nitrogen and oxygen atoms in total. The van der Waals surface area contributed by atoms with Gasteiger partial charge in [-0.15, -0.1) is 0 Å². The molecule has 0 N–H and O–H groups in total. The van der Waals surface area contributed by atoms with Gasteiger partial charge in [-0.2, -0.15) is 4.98 Å². The van der Waals surface area contributed by atoms with Crippen LogP contribution in [0.2, 0.25) is 0 Å². The number of nitrogens with zero attached hydrogens (tertiary/aromatic N) is 4. The van der Waals surface area contributed by atoms with Crippen LogP contribution in [-0.2, 0) is 0 Å². The Balaban J connectivity index is 1.51. The number of benzene rings is 1. The Labute approximate surface area is 137 Å². The fourth-order valence-corrected chi connectivity index (χ4v) is 3.75. The van der Waals surface area contributed by atoms with Crippen LogP contribution in [0.15, 0.2) is 34.9 Å². The lowest BCUT2D eigenvalue weighted by Gasteiger charge is -2.29. The van der Waals surface area contributed by atoms with Crippen molar-refractivity contribution < 1.29 is 4.52 Å². The van der Waals surface area contributed by atoms with Crippen LogP contribution in [0.3, 0.4) is 0 Å². The van der Waals surface area contributed by atoms with Crippen LogP contribution in [0.1, 0.15) is 32.1 Å². The zero-order valence-electron chi connectivity index (χ0n) is 13.5. The predicted octanol–water partition coefficient (Wildman–Crippen LogP) is 3.19. The van der Waals surface area contributed by atoms with E-state index in [2.05, 4.69) is 19.9 Å². The molecule has 2 aliphatic heterocycles. The van der Waals surface area contributed by atoms with Crippen molar-refractivity contribution in [1.82, 2.24) is 15.0 Å². The molecule has 23 heavy (non-hydrogen) atoms. The van der Waals surface area contributed by atoms with E-state index < -0.39 is 0 Å². The van der Waals surface area contributed by atoms with Crippen molar-refractivity contribution in [2.75, 3.05) is 31.1 Å². The first-order valence-corrected chi connectivity index (χ1v) is 8.78. The molecule has 2 fully saturated rings. The summed E-state index contributed by atoms with van der Waals surface area (Å²) in [6.45, 7) is 4.55. The first-order valence-electron chi connectivity index (χ1n) is 8.78. The maximum absolute atomic E-state index is 5.49. The zero-order valence-corrected chi connectivity index (χ0v) is 13.5. The van der Waals surface area contributed by atoms with Gasteiger partial charge in [0.1, 0.15) is 0 Å². The Kier molecular flexibility index (Phi) is 4.28. The van der Waals surface area contributed by atoms with E-state index >= 15 is 0 Å². The van der Waals surface area contributed by atoms with Crippen molar-refractivity contribution in [3.8, 4) is 11.5 Å². The lowest BCUT2D eigenvalue weighted by molar-refractivity contribution is 0.236. The van der Waals surface area contributed by atoms with Gasteiger partial charge in [-0.25, -0.2) is 0 Å². The van der Waals surface area contributed by atoms with Crippen LogP contribution < -0.4 is 4.90 Å². The summed E-state index contributed by atoms with van der Waals surface area (Å²) in [5, 5.41) is 4.24. The zero-order chi connectivity index (χ0) is 15.5. The van der Waals surface area contributed by atoms with Gasteiger partial charge in [0.15, 0.2) is 0 Å². The van der Waals surface area contributed by atoms with Crippen molar-refractivity contribution >= 4 is 5.95 Å². The summed E-state index contributed by atoms with van der Waals surface area (Å²) in [6, 6.07) is 10.6. The Morgan fingerprint density at radius 3 is 2.57 bits per heavy atom. The van der Waals surface area contributed by atoms with Crippen molar-refractivity contribution in [3.05, 3.63) is 30.3 Å². The van der Waals surface area contributed by atoms with Crippen LogP contribution in [0.4, 0.5) is 5.95 Å². The minimum absolute atomic E-state index is 0.613. The van der Waals surface area contributed by atoms with E-state index in [0.717, 1.165) is 24.6 Å². The summed E-state index contributed by atoms with van der Waals surface area (Å²) < 4.78 is 5.49. The number of aromatic nitrogens is 2. The van der Waals surface area contributed by atoms with E-state index in [1.165, 1.54) is 45.2 Å². The fraction of sp³-hybridized carbons (Fsp3) is 0.556. The highest BCUT2D eigenvalue weighted by atomic mass is 16.5. The molecule has 122 valence electrons. The maximum Gasteiger partial charge on any atom is 0.266 e. The monoisotopic (exact) mass is 312 g/mol. The number of likely N-dealkylation sites (tertiary alicyclic amines) is 1. The second-order valence-corrected chi connectivity index (χ2v) is 6.60. The van der Waals surface area contributed by atoms with Gasteiger partial charge < -0.3 is 9.42 Å². The fourth-order valence-electron chi connectivity index (χ4n) is 3.75. The Bertz CT molecular complexity index is 621. The number of rotatable bonds is 3. The quantitative estimate of drug-likeness (QED) is 0.871. The van der Waals surface area contributed by atoms with Crippen molar-refractivity contribution in [3.63, 3.8) is 0 Å². The molecule has 0 bridgehead atoms. The third-order valence-corrected chi connectivity index (χ3v) is 5.02. The molecule has 2 aromatic rings. The lowest BCUT2D eigenvalue weighted by atomic mass is 10.1. The van der Waals surface area contributed by atoms with Gasteiger partial charge >= 0.3 is 0 Å². The Morgan fingerprint density at radius 2 is 1.74 bits per heavy atom. The molecule has 0 radical (unpaired) electrons. The highest BCUT2D eigenvalue weighted by Gasteiger charge is 2.27. The molecule has 1 aromatic heterocycles. The van der Waals surface area contributed by atoms with Crippen LogP contribution in [-0.4, -0.2) is 47.3 Å². The lowest BCUT2D eigenvalue weighted by Crippen LogP contribution is -2.41. The molecule has 1 atom stereocenters. The highest BCUT2D eigenvalue weighted by molar-refractivity contribution is 5.54. The van der Waals surface area contributed by atoms with Crippen LogP contribution >= 0.6 is 0 Å². The standard InChI is InChI=1S/C18H24N4O/c1-2-8-15(9-3-1)17-19-18(20-23-17)22-13-5-4-10-16(14-22)21-11-6-7-12-21/h1-3,8-9,16H,4-7,10-14H2. The topological polar surface area (TPSA) is 45.4 Å². The molecular formula is C18H24N4O. The van der Waals surface area contributed by atoms with Crippen molar-refractivity contribution in [1.29, 1.82) is 0 Å². The van der Waals surface area contributed by atoms with E-state index in [-0.39, 0.29) is 0 Å². The molecule has 0 spiro atoms. The van der Waals surface area contributed by atoms with Gasteiger partial charge in [0, 0.05) is 24.7 Å². The number of anilines is 1. The summed E-state index contributed by atoms with van der Waals surface area (Å²) in [7, 11) is 0. The summed E-state index contributed by atoms with van der Waals surface area (Å²) in [4.78, 5) is 9.60. The largest absolute Gasteiger partial charge is 0.337 e. The van der Waals surface area contributed by atoms with E-state index in [1.807, 2.05) is 30.3 Å². The highest BCUT2D eigenvalue weighted by Crippen LogP contribution is 2.25. The van der Waals surface area contributed by atoms with Crippen molar-refractivity contribution in [2.45, 2.75) is 38.1 Å². The van der Waals surface area contributed by atoms with E-state index in [1.54, 1.807) is 0 Å². The molecule has 2 saturated heterocycles. The minimum Gasteiger partial charge on any atom is -0.337 e. The molecule has 1 aromatic carbocycles. The third kappa shape index (κ3) is 3.24. The van der Waals surface area contributed by atoms with E-state index in [0.29, 0.717) is 11.9 Å². The average Bonchev–Trinajstić information content (AvgIpc) is 3.24. The first-order chi connectivity index (χ1) is 11.4. The molecule has 3 heterocycles. The maximum atomic E-state index is 5.49. The SMILES string of the molecule is c1ccc(-c2nc(N3CCCCC(N4CCCC4)C3)no2)cc1. The normalized spacial score (nSPS) is 23.1. The van der Waals surface area contributed by atoms with Crippen LogP contribution in [0.25, 0.3) is 11.5 Å². The second-order valence-electron chi connectivity index (χ2n) is 6.60. The smallest absolute Gasteiger partial charge is 0.266 e. The average molecular weight is 312 g/mol. The van der Waals surface area contributed by atoms with Crippen LogP contribution in [0, 0.1) is 0 Å². The summed E-state index contributed by atoms with van der Waals surface area (Å²) in [6.07, 6.45) is 6.48. The Hall–Kier alpha value is -1.88. The van der Waals surface area contributed by atoms with Gasteiger partial charge in [-0.3, -0.25) is 4.90 Å². The Morgan fingerprint density at radius 1 is 0.957 bits per heavy atom. The van der Waals surface area contributed by atoms with Crippen LogP contribution in [0.5, 0.6) is 0 Å². The minimum atomic E-state index is 0.613. The van der Waals surface area contributed by atoms with E-state index in [4.69, 9.17) is 4.52 Å². The van der Waals surface area contributed by atoms with E-state index in [9.17, 15) is 0 Å². The molecule has 0 aliphatic carbocycles. The van der Waals surface area contributed by atoms with Gasteiger partial charge in [0.05, 0.1) is 0 Å². The molecule has 1 unspecified atom stereocenters. The molecule has 0 amide bonds. The van der Waals surface area contributed by atoms with Gasteiger partial charge in [0.2, 0.25) is 0 Å².